The number of rotatable bonds is 12. The average Bonchev–Trinajstić information content (AvgIpc) is 2.92. The van der Waals surface area contributed by atoms with Crippen molar-refractivity contribution in [2.24, 2.45) is 10.7 Å². The number of hydrogen-bond donors (Lipinski definition) is 3. The van der Waals surface area contributed by atoms with Gasteiger partial charge in [0.15, 0.2) is 17.5 Å². The van der Waals surface area contributed by atoms with Crippen LogP contribution >= 0.6 is 0 Å². The number of methoxy groups -OCH3 is 2. The maximum atomic E-state index is 13.2. The predicted molar refractivity (Wildman–Crippen MR) is 144 cm³/mol. The molecule has 0 saturated carbocycles. The van der Waals surface area contributed by atoms with E-state index >= 15 is 0 Å². The minimum absolute atomic E-state index is 0.00182. The fraction of sp³-hybridized carbons (Fsp3) is 0.286. The van der Waals surface area contributed by atoms with Crippen LogP contribution in [0.1, 0.15) is 23.7 Å². The van der Waals surface area contributed by atoms with Gasteiger partial charge in [0.25, 0.3) is 5.91 Å². The first-order chi connectivity index (χ1) is 18.4. The molecule has 2 amide bonds. The molecule has 1 atom stereocenters. The van der Waals surface area contributed by atoms with E-state index in [1.807, 2.05) is 37.3 Å². The first-order valence-corrected chi connectivity index (χ1v) is 12.2. The van der Waals surface area contributed by atoms with E-state index in [0.717, 1.165) is 5.56 Å². The molecule has 0 aliphatic rings. The highest BCUT2D eigenvalue weighted by molar-refractivity contribution is 5.95. The summed E-state index contributed by atoms with van der Waals surface area (Å²) in [7, 11) is 3.06. The molecule has 0 aliphatic carbocycles. The van der Waals surface area contributed by atoms with E-state index in [-0.39, 0.29) is 24.8 Å². The number of aromatic nitrogens is 1. The molecule has 4 N–H and O–H groups in total. The molecule has 0 aliphatic heterocycles. The molecule has 1 unspecified atom stereocenters. The van der Waals surface area contributed by atoms with Crippen molar-refractivity contribution in [2.45, 2.75) is 32.4 Å². The van der Waals surface area contributed by atoms with Crippen molar-refractivity contribution in [2.75, 3.05) is 20.8 Å². The molecule has 0 bridgehead atoms. The molecule has 3 aromatic rings. The normalized spacial score (nSPS) is 11.8. The van der Waals surface area contributed by atoms with Crippen LogP contribution in [0, 0.1) is 0 Å². The highest BCUT2D eigenvalue weighted by atomic mass is 16.5. The molecular formula is C28H33N5O5. The summed E-state index contributed by atoms with van der Waals surface area (Å²) in [5, 5.41) is 5.77. The van der Waals surface area contributed by atoms with E-state index in [9.17, 15) is 9.59 Å². The Labute approximate surface area is 222 Å². The van der Waals surface area contributed by atoms with Crippen LogP contribution in [0.2, 0.25) is 0 Å². The zero-order valence-electron chi connectivity index (χ0n) is 21.8. The third-order valence-corrected chi connectivity index (χ3v) is 5.55. The van der Waals surface area contributed by atoms with Crippen LogP contribution in [0.4, 0.5) is 0 Å². The van der Waals surface area contributed by atoms with Gasteiger partial charge in [0, 0.05) is 12.6 Å². The van der Waals surface area contributed by atoms with Gasteiger partial charge in [-0.25, -0.2) is 0 Å². The molecule has 200 valence electrons. The lowest BCUT2D eigenvalue weighted by molar-refractivity contribution is -0.123. The molecule has 38 heavy (non-hydrogen) atoms. The number of nitrogens with zero attached hydrogens (tertiary/aromatic N) is 2. The lowest BCUT2D eigenvalue weighted by atomic mass is 10.1. The van der Waals surface area contributed by atoms with E-state index in [2.05, 4.69) is 20.6 Å². The summed E-state index contributed by atoms with van der Waals surface area (Å²) in [4.78, 5) is 34.0. The lowest BCUT2D eigenvalue weighted by Gasteiger charge is -2.19. The van der Waals surface area contributed by atoms with Gasteiger partial charge in [-0.05, 0) is 42.3 Å². The number of carbonyl (C=O) groups is 2. The maximum absolute atomic E-state index is 13.2. The molecule has 10 nitrogen and oxygen atoms in total. The van der Waals surface area contributed by atoms with Crippen LogP contribution < -0.4 is 30.6 Å². The summed E-state index contributed by atoms with van der Waals surface area (Å²) in [5.74, 6) is 0.711. The number of nitrogens with two attached hydrogens (primary N) is 1. The zero-order chi connectivity index (χ0) is 27.3. The molecule has 0 spiro atoms. The number of ether oxygens (including phenoxy) is 3. The van der Waals surface area contributed by atoms with Crippen molar-refractivity contribution < 1.29 is 23.8 Å². The van der Waals surface area contributed by atoms with Crippen LogP contribution in [-0.4, -0.2) is 49.6 Å². The van der Waals surface area contributed by atoms with Gasteiger partial charge in [-0.2, -0.15) is 4.99 Å². The first-order valence-electron chi connectivity index (χ1n) is 12.2. The van der Waals surface area contributed by atoms with Crippen LogP contribution in [0.5, 0.6) is 17.2 Å². The molecule has 2 aromatic carbocycles. The molecule has 3 rings (SSSR count). The summed E-state index contributed by atoms with van der Waals surface area (Å²) < 4.78 is 16.1. The summed E-state index contributed by atoms with van der Waals surface area (Å²) in [6.07, 6.45) is 1.96. The van der Waals surface area contributed by atoms with Gasteiger partial charge in [-0.15, -0.1) is 0 Å². The fourth-order valence-electron chi connectivity index (χ4n) is 3.75. The second-order valence-corrected chi connectivity index (χ2v) is 8.24. The average molecular weight is 520 g/mol. The van der Waals surface area contributed by atoms with Crippen LogP contribution in [0.3, 0.4) is 0 Å². The quantitative estimate of drug-likeness (QED) is 0.245. The number of guanidine groups is 1. The van der Waals surface area contributed by atoms with Crippen molar-refractivity contribution in [1.29, 1.82) is 0 Å². The van der Waals surface area contributed by atoms with Gasteiger partial charge < -0.3 is 30.6 Å². The molecule has 10 heteroatoms. The van der Waals surface area contributed by atoms with E-state index in [0.29, 0.717) is 41.5 Å². The van der Waals surface area contributed by atoms with Crippen LogP contribution in [-0.2, 0) is 29.0 Å². The largest absolute Gasteiger partial charge is 0.493 e. The Morgan fingerprint density at radius 2 is 1.74 bits per heavy atom. The van der Waals surface area contributed by atoms with Gasteiger partial charge in [-0.3, -0.25) is 14.6 Å². The zero-order valence-corrected chi connectivity index (χ0v) is 21.8. The van der Waals surface area contributed by atoms with E-state index in [4.69, 9.17) is 19.9 Å². The molecule has 0 saturated heterocycles. The number of benzene rings is 2. The highest BCUT2D eigenvalue weighted by Gasteiger charge is 2.21. The Kier molecular flexibility index (Phi) is 10.5. The molecule has 0 radical (unpaired) electrons. The summed E-state index contributed by atoms with van der Waals surface area (Å²) in [6.45, 7) is 2.52. The number of aliphatic imine (C=N–C) groups is 1. The van der Waals surface area contributed by atoms with Gasteiger partial charge >= 0.3 is 0 Å². The standard InChI is InChI=1S/C28H33N5O5/c1-4-38-23-11-8-14-30-22(23)18-31-27(35)21(15-19-9-6-5-7-10-19)32-28(29)33-26(34)17-20-12-13-24(36-2)25(16-20)37-3/h5-14,16,21H,4,15,17-18H2,1-3H3,(H,31,35)(H3,29,32,33,34). The number of pyridine rings is 1. The summed E-state index contributed by atoms with van der Waals surface area (Å²) in [6, 6.07) is 17.4. The minimum atomic E-state index is -0.783. The monoisotopic (exact) mass is 519 g/mol. The van der Waals surface area contributed by atoms with Crippen molar-refractivity contribution in [1.82, 2.24) is 15.6 Å². The number of carbonyl (C=O) groups excluding carboxylic acids is 2. The smallest absolute Gasteiger partial charge is 0.253 e. The topological polar surface area (TPSA) is 137 Å². The number of amides is 2. The fourth-order valence-corrected chi connectivity index (χ4v) is 3.75. The van der Waals surface area contributed by atoms with Crippen molar-refractivity contribution in [3.05, 3.63) is 83.7 Å². The van der Waals surface area contributed by atoms with Gasteiger partial charge in [-0.1, -0.05) is 36.4 Å². The first kappa shape index (κ1) is 28.0. The Hall–Kier alpha value is -4.60. The van der Waals surface area contributed by atoms with Gasteiger partial charge in [0.05, 0.1) is 33.8 Å². The van der Waals surface area contributed by atoms with Crippen molar-refractivity contribution in [3.8, 4) is 17.2 Å². The molecule has 1 aromatic heterocycles. The Morgan fingerprint density at radius 3 is 2.45 bits per heavy atom. The van der Waals surface area contributed by atoms with Gasteiger partial charge in [0.1, 0.15) is 17.5 Å². The van der Waals surface area contributed by atoms with Crippen LogP contribution in [0.15, 0.2) is 71.9 Å². The van der Waals surface area contributed by atoms with Crippen molar-refractivity contribution >= 4 is 17.8 Å². The predicted octanol–water partition coefficient (Wildman–Crippen LogP) is 2.40. The summed E-state index contributed by atoms with van der Waals surface area (Å²) >= 11 is 0. The van der Waals surface area contributed by atoms with E-state index in [1.54, 1.807) is 36.5 Å². The number of nitrogens with one attached hydrogen (secondary N) is 2. The maximum Gasteiger partial charge on any atom is 0.253 e. The van der Waals surface area contributed by atoms with E-state index < -0.39 is 11.9 Å². The highest BCUT2D eigenvalue weighted by Crippen LogP contribution is 2.27. The SMILES string of the molecule is CCOc1cccnc1CNC(=O)C(Cc1ccccc1)NC(N)=NC(=O)Cc1ccc(OC)c(OC)c1. The second-order valence-electron chi connectivity index (χ2n) is 8.24. The molecule has 1 heterocycles. The Balaban J connectivity index is 1.70. The Morgan fingerprint density at radius 1 is 0.974 bits per heavy atom. The van der Waals surface area contributed by atoms with Crippen molar-refractivity contribution in [3.63, 3.8) is 0 Å². The Bertz CT molecular complexity index is 1250. The van der Waals surface area contributed by atoms with E-state index in [1.165, 1.54) is 14.2 Å². The minimum Gasteiger partial charge on any atom is -0.493 e. The lowest BCUT2D eigenvalue weighted by Crippen LogP contribution is -2.50. The molecule has 0 fully saturated rings. The van der Waals surface area contributed by atoms with Crippen LogP contribution in [0.25, 0.3) is 0 Å². The third kappa shape index (κ3) is 8.22. The summed E-state index contributed by atoms with van der Waals surface area (Å²) in [5.41, 5.74) is 8.26. The second kappa shape index (κ2) is 14.2. The van der Waals surface area contributed by atoms with Gasteiger partial charge in [0.2, 0.25) is 5.91 Å². The number of hydrogen-bond acceptors (Lipinski definition) is 6. The molecular weight excluding hydrogens is 486 g/mol. The third-order valence-electron chi connectivity index (χ3n) is 5.55.